The van der Waals surface area contributed by atoms with Crippen LogP contribution in [0.3, 0.4) is 0 Å². The van der Waals surface area contributed by atoms with Crippen LogP contribution in [0.5, 0.6) is 0 Å². The fourth-order valence-electron chi connectivity index (χ4n) is 13.3. The second-order valence-corrected chi connectivity index (χ2v) is 32.1. The van der Waals surface area contributed by atoms with Gasteiger partial charge in [-0.1, -0.05) is 137 Å². The first-order valence-corrected chi connectivity index (χ1v) is 45.3. The molecule has 0 aliphatic rings. The molecule has 0 saturated carbocycles. The van der Waals surface area contributed by atoms with Gasteiger partial charge in [0.25, 0.3) is 0 Å². The number of amides is 13. The van der Waals surface area contributed by atoms with Crippen LogP contribution in [-0.2, 0) is 94.9 Å². The Balaban J connectivity index is 1.24. The van der Waals surface area contributed by atoms with E-state index in [4.69, 9.17) is 88.3 Å². The number of ether oxygens (including phenoxy) is 4. The zero-order valence-corrected chi connectivity index (χ0v) is 76.3. The molecule has 1 heterocycles. The van der Waals surface area contributed by atoms with Crippen molar-refractivity contribution in [2.75, 3.05) is 118 Å². The SMILES string of the molecule is NCCCC[C@H](NC(=O)OCc1ccccc1Cl)C(=O)NCCNC(=O)CCN(CCC(=O)NCCNC(=O)[C@H](CCCCN)NC(=O)OCc1ccccc1Cl)C[C@@H](C(=O)NCCc1cc2ccccc2[nH]1)N(CCC(=O)NCCNC(=O)[C@H](CCCCN)NC(=O)OCc1ccccc1Cl)CCC(=O)NCCNC(=O)[C@H](CCCCN)NC(=O)OCc1ccccc1Cl. The standard InChI is InChI=1S/C89H126Cl4N20O17/c90-67-24-6-1-20-62(67)57-127-86(123)108-72(29-11-15-38-94)81(118)103-47-43-98-77(114)34-51-112(52-35-78(115)99-44-48-104-82(119)73(30-12-16-39-95)109-87(124)128-58-63-21-2-7-25-68(63)91)56-76(85(122)102-42-33-66-55-61-19-5-10-28-71(61)107-66)113(53-36-79(116)100-45-49-105-83(120)74(31-13-17-40-96)110-88(125)129-59-64-22-3-8-26-69(64)92)54-37-80(117)101-46-50-106-84(121)75(32-14-18-41-97)111-89(126)130-60-65-23-4-9-27-70(65)93/h1-10,19-28,55,72-76,107H,11-18,29-54,56-60,94-97H2,(H,98,114)(H,99,115)(H,100,116)(H,101,117)(H,102,122)(H,103,118)(H,104,119)(H,105,120)(H,106,121)(H,108,123)(H,109,124)(H,110,125)(H,111,126)/t72-,73-,74-,75-,76-/m0/s1. The molecular formula is C89H126Cl4N20O17. The van der Waals surface area contributed by atoms with Crippen LogP contribution < -0.4 is 92.1 Å². The van der Waals surface area contributed by atoms with Crippen molar-refractivity contribution >= 4 is 135 Å². The largest absolute Gasteiger partial charge is 0.445 e. The van der Waals surface area contributed by atoms with Crippen molar-refractivity contribution in [2.45, 2.75) is 166 Å². The van der Waals surface area contributed by atoms with Crippen LogP contribution in [0.15, 0.2) is 127 Å². The first-order chi connectivity index (χ1) is 62.9. The molecule has 0 aliphatic carbocycles. The number of rotatable bonds is 63. The van der Waals surface area contributed by atoms with E-state index in [0.717, 1.165) is 16.6 Å². The van der Waals surface area contributed by atoms with Crippen molar-refractivity contribution in [2.24, 2.45) is 22.9 Å². The van der Waals surface area contributed by atoms with E-state index in [2.05, 4.69) is 74.1 Å². The molecule has 0 fully saturated rings. The van der Waals surface area contributed by atoms with Crippen LogP contribution in [0.2, 0.25) is 20.1 Å². The van der Waals surface area contributed by atoms with E-state index in [1.165, 1.54) is 0 Å². The maximum absolute atomic E-state index is 15.4. The number of hydrogen-bond donors (Lipinski definition) is 18. The van der Waals surface area contributed by atoms with Crippen molar-refractivity contribution in [3.63, 3.8) is 0 Å². The van der Waals surface area contributed by atoms with Gasteiger partial charge in [-0.3, -0.25) is 48.1 Å². The Bertz CT molecular complexity index is 4280. The smallest absolute Gasteiger partial charge is 0.408 e. The summed E-state index contributed by atoms with van der Waals surface area (Å²) in [6.45, 7) is -0.858. The number of benzene rings is 5. The van der Waals surface area contributed by atoms with Crippen LogP contribution in [0.25, 0.3) is 10.9 Å². The van der Waals surface area contributed by atoms with Gasteiger partial charge in [0.05, 0.1) is 0 Å². The number of halogens is 4. The normalized spacial score (nSPS) is 12.2. The summed E-state index contributed by atoms with van der Waals surface area (Å²) in [5, 5.41) is 38.2. The minimum atomic E-state index is -1.27. The topological polar surface area (TPSA) is 542 Å². The molecule has 5 aromatic carbocycles. The zero-order chi connectivity index (χ0) is 94.1. The summed E-state index contributed by atoms with van der Waals surface area (Å²) >= 11 is 25.1. The molecule has 0 radical (unpaired) electrons. The lowest BCUT2D eigenvalue weighted by Gasteiger charge is -2.34. The maximum Gasteiger partial charge on any atom is 0.408 e. The zero-order valence-electron chi connectivity index (χ0n) is 73.2. The summed E-state index contributed by atoms with van der Waals surface area (Å²) in [7, 11) is 0. The van der Waals surface area contributed by atoms with E-state index in [1.807, 2.05) is 30.3 Å². The lowest BCUT2D eigenvalue weighted by molar-refractivity contribution is -0.130. The minimum absolute atomic E-state index is 0.0724. The van der Waals surface area contributed by atoms with E-state index < -0.39 is 108 Å². The van der Waals surface area contributed by atoms with Gasteiger partial charge in [-0.2, -0.15) is 0 Å². The second kappa shape index (κ2) is 63.0. The number of para-hydroxylation sites is 1. The van der Waals surface area contributed by atoms with E-state index in [1.54, 1.807) is 107 Å². The van der Waals surface area contributed by atoms with Crippen LogP contribution in [0.4, 0.5) is 19.2 Å². The van der Waals surface area contributed by atoms with Crippen LogP contribution in [-0.4, -0.2) is 240 Å². The molecule has 6 aromatic rings. The summed E-state index contributed by atoms with van der Waals surface area (Å²) in [6, 6.07) is 31.3. The highest BCUT2D eigenvalue weighted by atomic mass is 35.5. The molecule has 0 bridgehead atoms. The summed E-state index contributed by atoms with van der Waals surface area (Å²) in [6.07, 6.45) is 0.713. The molecule has 41 heteroatoms. The summed E-state index contributed by atoms with van der Waals surface area (Å²) in [5.74, 6) is -4.96. The Morgan fingerprint density at radius 3 is 0.908 bits per heavy atom. The predicted octanol–water partition coefficient (Wildman–Crippen LogP) is 5.60. The number of carbonyl (C=O) groups is 13. The predicted molar refractivity (Wildman–Crippen MR) is 495 cm³/mol. The molecule has 13 amide bonds. The first kappa shape index (κ1) is 108. The highest BCUT2D eigenvalue weighted by Crippen LogP contribution is 2.22. The van der Waals surface area contributed by atoms with E-state index in [0.29, 0.717) is 126 Å². The van der Waals surface area contributed by atoms with Crippen LogP contribution in [0.1, 0.15) is 131 Å². The number of nitrogens with two attached hydrogens (primary N) is 4. The van der Waals surface area contributed by atoms with Gasteiger partial charge in [0, 0.05) is 177 Å². The molecular weight excluding hydrogens is 1760 g/mol. The molecule has 1 aromatic heterocycles. The molecule has 0 saturated heterocycles. The molecule has 37 nitrogen and oxygen atoms in total. The van der Waals surface area contributed by atoms with Gasteiger partial charge in [-0.25, -0.2) is 19.2 Å². The Kier molecular flexibility index (Phi) is 52.2. The Hall–Kier alpha value is -11.1. The fourth-order valence-corrected chi connectivity index (χ4v) is 14.0. The second-order valence-electron chi connectivity index (χ2n) is 30.4. The average Bonchev–Trinajstić information content (AvgIpc) is 1.70. The quantitative estimate of drug-likeness (QED) is 0.0163. The number of aromatic amines is 1. The summed E-state index contributed by atoms with van der Waals surface area (Å²) in [5.41, 5.74) is 26.9. The van der Waals surface area contributed by atoms with Crippen molar-refractivity contribution in [3.8, 4) is 0 Å². The third-order valence-electron chi connectivity index (χ3n) is 20.5. The highest BCUT2D eigenvalue weighted by molar-refractivity contribution is 6.32. The molecule has 0 aliphatic heterocycles. The number of H-pyrrole nitrogens is 1. The Morgan fingerprint density at radius 2 is 0.608 bits per heavy atom. The molecule has 0 unspecified atom stereocenters. The van der Waals surface area contributed by atoms with Crippen molar-refractivity contribution < 1.29 is 81.3 Å². The lowest BCUT2D eigenvalue weighted by Crippen LogP contribution is -2.55. The Labute approximate surface area is 777 Å². The lowest BCUT2D eigenvalue weighted by atomic mass is 10.1. The van der Waals surface area contributed by atoms with Gasteiger partial charge in [-0.05, 0) is 145 Å². The molecule has 712 valence electrons. The van der Waals surface area contributed by atoms with E-state index in [-0.39, 0.29) is 169 Å². The first-order valence-electron chi connectivity index (χ1n) is 43.8. The molecule has 6 rings (SSSR count). The van der Waals surface area contributed by atoms with Gasteiger partial charge in [0.1, 0.15) is 56.6 Å². The van der Waals surface area contributed by atoms with Gasteiger partial charge in [-0.15, -0.1) is 0 Å². The number of hydrogen-bond acceptors (Lipinski definition) is 23. The highest BCUT2D eigenvalue weighted by Gasteiger charge is 2.32. The third kappa shape index (κ3) is 43.5. The number of unbranched alkanes of at least 4 members (excludes halogenated alkanes) is 4. The summed E-state index contributed by atoms with van der Waals surface area (Å²) < 4.78 is 21.6. The number of aromatic nitrogens is 1. The molecule has 22 N–H and O–H groups in total. The molecule has 0 spiro atoms. The average molecular weight is 1890 g/mol. The van der Waals surface area contributed by atoms with Crippen molar-refractivity contribution in [1.82, 2.24) is 83.9 Å². The number of nitrogens with zero attached hydrogens (tertiary/aromatic N) is 2. The molecule has 130 heavy (non-hydrogen) atoms. The fraction of sp³-hybridized carbons (Fsp3) is 0.494. The number of fused-ring (bicyclic) bond motifs is 1. The van der Waals surface area contributed by atoms with Gasteiger partial charge in [0.15, 0.2) is 0 Å². The van der Waals surface area contributed by atoms with E-state index >= 15 is 4.79 Å². The summed E-state index contributed by atoms with van der Waals surface area (Å²) in [4.78, 5) is 186. The maximum atomic E-state index is 15.4. The molecule has 5 atom stereocenters. The number of carbonyl (C=O) groups excluding carboxylic acids is 13. The number of alkyl carbamates (subject to hydrolysis) is 4. The minimum Gasteiger partial charge on any atom is -0.445 e. The number of nitrogens with one attached hydrogen (secondary N) is 14. The monoisotopic (exact) mass is 1890 g/mol. The van der Waals surface area contributed by atoms with Gasteiger partial charge in [0.2, 0.25) is 53.2 Å². The van der Waals surface area contributed by atoms with Gasteiger partial charge < -0.3 is 121 Å². The van der Waals surface area contributed by atoms with Crippen molar-refractivity contribution in [3.05, 3.63) is 175 Å². The van der Waals surface area contributed by atoms with Crippen LogP contribution >= 0.6 is 46.4 Å². The Morgan fingerprint density at radius 1 is 0.331 bits per heavy atom. The van der Waals surface area contributed by atoms with E-state index in [9.17, 15) is 57.5 Å². The van der Waals surface area contributed by atoms with Crippen LogP contribution in [0, 0.1) is 0 Å². The van der Waals surface area contributed by atoms with Gasteiger partial charge >= 0.3 is 24.4 Å². The van der Waals surface area contributed by atoms with Crippen molar-refractivity contribution in [1.29, 1.82) is 0 Å². The third-order valence-corrected chi connectivity index (χ3v) is 22.0.